The van der Waals surface area contributed by atoms with Gasteiger partial charge in [-0.2, -0.15) is 0 Å². The van der Waals surface area contributed by atoms with Crippen LogP contribution in [0.2, 0.25) is 0 Å². The lowest BCUT2D eigenvalue weighted by Crippen LogP contribution is -2.48. The summed E-state index contributed by atoms with van der Waals surface area (Å²) in [6.45, 7) is 6.76. The molecule has 4 rings (SSSR count). The van der Waals surface area contributed by atoms with E-state index in [1.54, 1.807) is 0 Å². The second kappa shape index (κ2) is 17.0. The van der Waals surface area contributed by atoms with Crippen LogP contribution in [0, 0.1) is 10.1 Å². The van der Waals surface area contributed by atoms with Gasteiger partial charge in [-0.05, 0) is 63.4 Å². The number of allylic oxidation sites excluding steroid dienone is 2. The smallest absolute Gasteiger partial charge is 0.334 e. The van der Waals surface area contributed by atoms with Crippen LogP contribution in [0.15, 0.2) is 77.3 Å². The predicted molar refractivity (Wildman–Crippen MR) is 179 cm³/mol. The molecular weight excluding hydrogens is 618 g/mol. The molecule has 2 aromatic rings. The molecule has 2 aliphatic heterocycles. The van der Waals surface area contributed by atoms with Crippen LogP contribution in [-0.4, -0.2) is 90.7 Å². The van der Waals surface area contributed by atoms with Gasteiger partial charge < -0.3 is 35.4 Å². The molecule has 2 heterocycles. The number of likely N-dealkylation sites (tertiary alicyclic amines) is 1. The van der Waals surface area contributed by atoms with Crippen LogP contribution in [0.4, 0.5) is 5.69 Å². The molecule has 48 heavy (non-hydrogen) atoms. The maximum Gasteiger partial charge on any atom is 0.334 e. The molecule has 1 saturated heterocycles. The molecule has 13 nitrogen and oxygen atoms in total. The van der Waals surface area contributed by atoms with Gasteiger partial charge in [-0.3, -0.25) is 19.7 Å². The SMILES string of the molecule is CCOC(=O)C1(c2ccccc2)CCN(CCCN(C=O)C2=C(COCCN)NC(CC)=C(C(=O)O)C2c2ccc([N+](=O)[O-])cc2)CC1. The topological polar surface area (TPSA) is 178 Å². The Balaban J connectivity index is 1.58. The summed E-state index contributed by atoms with van der Waals surface area (Å²) in [5, 5.41) is 25.0. The summed E-state index contributed by atoms with van der Waals surface area (Å²) >= 11 is 0. The van der Waals surface area contributed by atoms with E-state index in [-0.39, 0.29) is 43.5 Å². The first kappa shape index (κ1) is 36.2. The number of aliphatic carboxylic acids is 1. The van der Waals surface area contributed by atoms with Gasteiger partial charge in [0.1, 0.15) is 0 Å². The molecule has 0 saturated carbocycles. The van der Waals surface area contributed by atoms with Crippen molar-refractivity contribution in [3.8, 4) is 0 Å². The van der Waals surface area contributed by atoms with E-state index in [2.05, 4.69) is 10.2 Å². The van der Waals surface area contributed by atoms with Gasteiger partial charge in [0.15, 0.2) is 0 Å². The van der Waals surface area contributed by atoms with Crippen LogP contribution < -0.4 is 11.1 Å². The highest BCUT2D eigenvalue weighted by atomic mass is 16.6. The third kappa shape index (κ3) is 8.09. The molecule has 0 aromatic heterocycles. The van der Waals surface area contributed by atoms with E-state index < -0.39 is 22.2 Å². The molecule has 1 fully saturated rings. The van der Waals surface area contributed by atoms with Crippen molar-refractivity contribution in [1.29, 1.82) is 0 Å². The number of non-ortho nitro benzene ring substituents is 1. The number of piperidine rings is 1. The summed E-state index contributed by atoms with van der Waals surface area (Å²) in [6, 6.07) is 15.5. The Morgan fingerprint density at radius 1 is 1.12 bits per heavy atom. The number of nitro benzene ring substituents is 1. The number of hydrogen-bond acceptors (Lipinski definition) is 10. The molecule has 4 N–H and O–H groups in total. The fourth-order valence-corrected chi connectivity index (χ4v) is 6.64. The van der Waals surface area contributed by atoms with Crippen molar-refractivity contribution in [2.75, 3.05) is 52.5 Å². The van der Waals surface area contributed by atoms with E-state index >= 15 is 0 Å². The van der Waals surface area contributed by atoms with Crippen molar-refractivity contribution >= 4 is 24.0 Å². The highest BCUT2D eigenvalue weighted by molar-refractivity contribution is 5.91. The second-order valence-electron chi connectivity index (χ2n) is 11.8. The number of carboxylic acids is 1. The third-order valence-electron chi connectivity index (χ3n) is 9.04. The number of nitro groups is 1. The molecule has 0 aliphatic carbocycles. The maximum absolute atomic E-state index is 13.2. The van der Waals surface area contributed by atoms with E-state index in [0.29, 0.717) is 81.0 Å². The van der Waals surface area contributed by atoms with Gasteiger partial charge in [-0.15, -0.1) is 0 Å². The minimum absolute atomic E-state index is 0.0539. The Bertz CT molecular complexity index is 1500. The summed E-state index contributed by atoms with van der Waals surface area (Å²) in [6.07, 6.45) is 2.81. The highest BCUT2D eigenvalue weighted by Crippen LogP contribution is 2.41. The molecular formula is C35H45N5O8. The van der Waals surface area contributed by atoms with Crippen LogP contribution in [0.1, 0.15) is 56.6 Å². The number of ether oxygens (including phenoxy) is 2. The van der Waals surface area contributed by atoms with E-state index in [9.17, 15) is 29.6 Å². The van der Waals surface area contributed by atoms with E-state index in [1.165, 1.54) is 29.2 Å². The predicted octanol–water partition coefficient (Wildman–Crippen LogP) is 3.66. The molecule has 0 bridgehead atoms. The van der Waals surface area contributed by atoms with Gasteiger partial charge in [0.05, 0.1) is 53.0 Å². The highest BCUT2D eigenvalue weighted by Gasteiger charge is 2.44. The Labute approximate surface area is 280 Å². The average molecular weight is 664 g/mol. The minimum Gasteiger partial charge on any atom is -0.478 e. The fraction of sp³-hybridized carbons (Fsp3) is 0.457. The zero-order valence-corrected chi connectivity index (χ0v) is 27.6. The minimum atomic E-state index is -1.16. The third-order valence-corrected chi connectivity index (χ3v) is 9.04. The number of nitrogens with one attached hydrogen (secondary N) is 1. The average Bonchev–Trinajstić information content (AvgIpc) is 3.10. The lowest BCUT2D eigenvalue weighted by Gasteiger charge is -2.40. The standard InChI is InChI=1S/C35H45N5O8/c1-3-28-31(33(42)43)30(25-11-13-27(14-12-25)40(45)46)32(29(37-28)23-47-22-17-36)39(24-41)19-8-18-38-20-15-35(16-21-38,34(44)48-4-2)26-9-6-5-7-10-26/h5-7,9-14,24,30,37H,3-4,8,15-23,36H2,1-2H3,(H,42,43). The zero-order valence-electron chi connectivity index (χ0n) is 27.6. The number of carboxylic acid groups (broad SMARTS) is 1. The summed E-state index contributed by atoms with van der Waals surface area (Å²) < 4.78 is 11.3. The van der Waals surface area contributed by atoms with E-state index in [0.717, 1.165) is 5.56 Å². The van der Waals surface area contributed by atoms with Crippen molar-refractivity contribution in [2.24, 2.45) is 5.73 Å². The Morgan fingerprint density at radius 2 is 1.81 bits per heavy atom. The van der Waals surface area contributed by atoms with Crippen molar-refractivity contribution in [3.63, 3.8) is 0 Å². The van der Waals surface area contributed by atoms with Crippen molar-refractivity contribution in [3.05, 3.63) is 98.5 Å². The first-order valence-corrected chi connectivity index (χ1v) is 16.4. The lowest BCUT2D eigenvalue weighted by atomic mass is 9.72. The second-order valence-corrected chi connectivity index (χ2v) is 11.8. The van der Waals surface area contributed by atoms with Crippen LogP contribution in [-0.2, 0) is 29.3 Å². The summed E-state index contributed by atoms with van der Waals surface area (Å²) in [5.41, 5.74) is 7.71. The van der Waals surface area contributed by atoms with Crippen LogP contribution >= 0.6 is 0 Å². The molecule has 13 heteroatoms. The quantitative estimate of drug-likeness (QED) is 0.0740. The summed E-state index contributed by atoms with van der Waals surface area (Å²) in [4.78, 5) is 53.3. The molecule has 1 amide bonds. The number of carbonyl (C=O) groups excluding carboxylic acids is 2. The summed E-state index contributed by atoms with van der Waals surface area (Å²) in [5.74, 6) is -2.27. The van der Waals surface area contributed by atoms with Crippen LogP contribution in [0.5, 0.6) is 0 Å². The van der Waals surface area contributed by atoms with E-state index in [1.807, 2.05) is 44.2 Å². The summed E-state index contributed by atoms with van der Waals surface area (Å²) in [7, 11) is 0. The van der Waals surface area contributed by atoms with Gasteiger partial charge in [-0.25, -0.2) is 4.79 Å². The number of esters is 1. The van der Waals surface area contributed by atoms with Gasteiger partial charge in [0.2, 0.25) is 6.41 Å². The number of carbonyl (C=O) groups is 3. The first-order chi connectivity index (χ1) is 23.2. The molecule has 0 radical (unpaired) electrons. The van der Waals surface area contributed by atoms with Crippen LogP contribution in [0.3, 0.4) is 0 Å². The van der Waals surface area contributed by atoms with Crippen LogP contribution in [0.25, 0.3) is 0 Å². The molecule has 258 valence electrons. The number of benzene rings is 2. The van der Waals surface area contributed by atoms with Crippen molar-refractivity contribution in [2.45, 2.75) is 50.9 Å². The number of nitrogens with zero attached hydrogens (tertiary/aromatic N) is 3. The van der Waals surface area contributed by atoms with Gasteiger partial charge in [0.25, 0.3) is 5.69 Å². The number of hydrogen-bond donors (Lipinski definition) is 3. The monoisotopic (exact) mass is 663 g/mol. The van der Waals surface area contributed by atoms with Gasteiger partial charge >= 0.3 is 11.9 Å². The zero-order chi connectivity index (χ0) is 34.7. The Kier molecular flexibility index (Phi) is 12.8. The number of rotatable bonds is 17. The number of dihydropyridines is 1. The van der Waals surface area contributed by atoms with Gasteiger partial charge in [0, 0.05) is 30.9 Å². The van der Waals surface area contributed by atoms with Crippen molar-refractivity contribution in [1.82, 2.24) is 15.1 Å². The molecule has 2 aliphatic rings. The molecule has 1 atom stereocenters. The normalized spacial score (nSPS) is 17.9. The molecule has 0 spiro atoms. The molecule has 2 aromatic carbocycles. The van der Waals surface area contributed by atoms with Crippen molar-refractivity contribution < 1.29 is 33.9 Å². The Hall–Kier alpha value is -4.59. The molecule has 1 unspecified atom stereocenters. The first-order valence-electron chi connectivity index (χ1n) is 16.4. The lowest BCUT2D eigenvalue weighted by molar-refractivity contribution is -0.384. The van der Waals surface area contributed by atoms with E-state index in [4.69, 9.17) is 15.2 Å². The largest absolute Gasteiger partial charge is 0.478 e. The van der Waals surface area contributed by atoms with Gasteiger partial charge in [-0.1, -0.05) is 49.4 Å². The Morgan fingerprint density at radius 3 is 2.38 bits per heavy atom. The number of nitrogens with two attached hydrogens (primary N) is 1. The fourth-order valence-electron chi connectivity index (χ4n) is 6.64. The number of amides is 1. The maximum atomic E-state index is 13.2.